The van der Waals surface area contributed by atoms with Gasteiger partial charge in [-0.1, -0.05) is 18.2 Å². The summed E-state index contributed by atoms with van der Waals surface area (Å²) < 4.78 is 9.61. The third-order valence-corrected chi connectivity index (χ3v) is 2.89. The van der Waals surface area contributed by atoms with E-state index in [0.29, 0.717) is 11.1 Å². The van der Waals surface area contributed by atoms with E-state index in [2.05, 4.69) is 0 Å². The Morgan fingerprint density at radius 1 is 1.35 bits per heavy atom. The van der Waals surface area contributed by atoms with E-state index in [1.165, 1.54) is 0 Å². The Balaban J connectivity index is 2.21. The lowest BCUT2D eigenvalue weighted by atomic mass is 10.0. The summed E-state index contributed by atoms with van der Waals surface area (Å²) in [5.74, 6) is -0.857. The van der Waals surface area contributed by atoms with Crippen molar-refractivity contribution >= 4 is 18.0 Å². The lowest BCUT2D eigenvalue weighted by molar-refractivity contribution is -0.142. The summed E-state index contributed by atoms with van der Waals surface area (Å²) in [4.78, 5) is 36.3. The number of carbonyl (C=O) groups excluding carboxylic acids is 3. The molecule has 0 spiro atoms. The van der Waals surface area contributed by atoms with E-state index >= 15 is 0 Å². The highest BCUT2D eigenvalue weighted by molar-refractivity contribution is 6.04. The summed E-state index contributed by atoms with van der Waals surface area (Å²) in [6.45, 7) is 2.43. The number of amides is 2. The Labute approximate surface area is 116 Å². The van der Waals surface area contributed by atoms with Gasteiger partial charge in [0.05, 0.1) is 19.6 Å². The van der Waals surface area contributed by atoms with E-state index in [4.69, 9.17) is 9.47 Å². The highest BCUT2D eigenvalue weighted by Crippen LogP contribution is 2.16. The smallest absolute Gasteiger partial charge is 0.416 e. The van der Waals surface area contributed by atoms with Gasteiger partial charge in [-0.05, 0) is 18.6 Å². The first-order chi connectivity index (χ1) is 9.63. The van der Waals surface area contributed by atoms with Crippen molar-refractivity contribution in [3.05, 3.63) is 35.4 Å². The maximum atomic E-state index is 12.3. The standard InChI is InChI=1S/C14H15NO5/c1-2-19-12(16)9-10-5-3-4-6-11(10)13(17)15-7-8-20-14(15)18/h3-6H,2,7-9H2,1H3. The molecule has 6 nitrogen and oxygen atoms in total. The molecule has 0 atom stereocenters. The van der Waals surface area contributed by atoms with Crippen LogP contribution < -0.4 is 0 Å². The molecule has 6 heteroatoms. The first-order valence-corrected chi connectivity index (χ1v) is 6.35. The van der Waals surface area contributed by atoms with Crippen molar-refractivity contribution in [3.8, 4) is 0 Å². The third kappa shape index (κ3) is 2.96. The van der Waals surface area contributed by atoms with Crippen LogP contribution in [0.3, 0.4) is 0 Å². The number of hydrogen-bond donors (Lipinski definition) is 0. The van der Waals surface area contributed by atoms with Crippen molar-refractivity contribution in [3.63, 3.8) is 0 Å². The van der Waals surface area contributed by atoms with Crippen molar-refractivity contribution in [1.29, 1.82) is 0 Å². The molecule has 0 radical (unpaired) electrons. The SMILES string of the molecule is CCOC(=O)Cc1ccccc1C(=O)N1CCOC1=O. The molecule has 1 heterocycles. The normalized spacial score (nSPS) is 14.1. The summed E-state index contributed by atoms with van der Waals surface area (Å²) in [7, 11) is 0. The van der Waals surface area contributed by atoms with Crippen LogP contribution in [0.15, 0.2) is 24.3 Å². The number of esters is 1. The Bertz CT molecular complexity index is 540. The van der Waals surface area contributed by atoms with Crippen LogP contribution in [-0.2, 0) is 20.7 Å². The molecular weight excluding hydrogens is 262 g/mol. The fourth-order valence-electron chi connectivity index (χ4n) is 1.97. The highest BCUT2D eigenvalue weighted by atomic mass is 16.6. The molecule has 1 aromatic rings. The zero-order chi connectivity index (χ0) is 14.5. The summed E-state index contributed by atoms with van der Waals surface area (Å²) in [5.41, 5.74) is 0.857. The van der Waals surface area contributed by atoms with Crippen molar-refractivity contribution in [2.45, 2.75) is 13.3 Å². The summed E-state index contributed by atoms with van der Waals surface area (Å²) in [6.07, 6.45) is -0.653. The van der Waals surface area contributed by atoms with Gasteiger partial charge >= 0.3 is 12.1 Å². The highest BCUT2D eigenvalue weighted by Gasteiger charge is 2.30. The van der Waals surface area contributed by atoms with Gasteiger partial charge in [0.15, 0.2) is 0 Å². The van der Waals surface area contributed by atoms with E-state index in [0.717, 1.165) is 4.90 Å². The molecule has 0 unspecified atom stereocenters. The number of hydrogen-bond acceptors (Lipinski definition) is 5. The molecule has 2 rings (SSSR count). The number of benzene rings is 1. The third-order valence-electron chi connectivity index (χ3n) is 2.89. The second-order valence-corrected chi connectivity index (χ2v) is 4.21. The average Bonchev–Trinajstić information content (AvgIpc) is 2.85. The molecule has 2 amide bonds. The maximum Gasteiger partial charge on any atom is 0.416 e. The molecule has 1 saturated heterocycles. The molecule has 1 aromatic carbocycles. The number of imide groups is 1. The van der Waals surface area contributed by atoms with Crippen LogP contribution in [0.2, 0.25) is 0 Å². The van der Waals surface area contributed by atoms with Gasteiger partial charge < -0.3 is 9.47 Å². The zero-order valence-corrected chi connectivity index (χ0v) is 11.1. The first-order valence-electron chi connectivity index (χ1n) is 6.35. The first kappa shape index (κ1) is 14.0. The molecule has 20 heavy (non-hydrogen) atoms. The molecule has 0 aliphatic carbocycles. The van der Waals surface area contributed by atoms with Crippen LogP contribution in [0.5, 0.6) is 0 Å². The van der Waals surface area contributed by atoms with E-state index in [1.807, 2.05) is 0 Å². The largest absolute Gasteiger partial charge is 0.466 e. The Morgan fingerprint density at radius 2 is 2.10 bits per heavy atom. The topological polar surface area (TPSA) is 72.9 Å². The van der Waals surface area contributed by atoms with Crippen molar-refractivity contribution in [1.82, 2.24) is 4.90 Å². The lowest BCUT2D eigenvalue weighted by Gasteiger charge is -2.13. The Kier molecular flexibility index (Phi) is 4.34. The minimum atomic E-state index is -0.652. The predicted octanol–water partition coefficient (Wildman–Crippen LogP) is 1.38. The molecule has 1 fully saturated rings. The monoisotopic (exact) mass is 277 g/mol. The number of cyclic esters (lactones) is 1. The Morgan fingerprint density at radius 3 is 2.75 bits per heavy atom. The minimum absolute atomic E-state index is 0.00135. The second-order valence-electron chi connectivity index (χ2n) is 4.21. The van der Waals surface area contributed by atoms with E-state index in [9.17, 15) is 14.4 Å². The maximum absolute atomic E-state index is 12.3. The van der Waals surface area contributed by atoms with Crippen LogP contribution in [0.4, 0.5) is 4.79 Å². The van der Waals surface area contributed by atoms with Crippen LogP contribution in [0.1, 0.15) is 22.8 Å². The summed E-state index contributed by atoms with van der Waals surface area (Å²) >= 11 is 0. The van der Waals surface area contributed by atoms with E-state index in [1.54, 1.807) is 31.2 Å². The van der Waals surface area contributed by atoms with Gasteiger partial charge in [-0.25, -0.2) is 9.69 Å². The molecule has 106 valence electrons. The minimum Gasteiger partial charge on any atom is -0.466 e. The summed E-state index contributed by atoms with van der Waals surface area (Å²) in [5, 5.41) is 0. The predicted molar refractivity (Wildman–Crippen MR) is 69.2 cm³/mol. The lowest BCUT2D eigenvalue weighted by Crippen LogP contribution is -2.32. The molecule has 0 aromatic heterocycles. The second kappa shape index (κ2) is 6.18. The number of carbonyl (C=O) groups is 3. The number of ether oxygens (including phenoxy) is 2. The van der Waals surface area contributed by atoms with Crippen LogP contribution in [0, 0.1) is 0 Å². The fraction of sp³-hybridized carbons (Fsp3) is 0.357. The average molecular weight is 277 g/mol. The molecule has 0 saturated carbocycles. The van der Waals surface area contributed by atoms with Crippen molar-refractivity contribution in [2.75, 3.05) is 19.8 Å². The van der Waals surface area contributed by atoms with E-state index < -0.39 is 18.0 Å². The molecule has 0 bridgehead atoms. The summed E-state index contributed by atoms with van der Waals surface area (Å²) in [6, 6.07) is 6.67. The van der Waals surface area contributed by atoms with E-state index in [-0.39, 0.29) is 26.2 Å². The zero-order valence-electron chi connectivity index (χ0n) is 11.1. The molecular formula is C14H15NO5. The van der Waals surface area contributed by atoms with Crippen LogP contribution >= 0.6 is 0 Å². The molecule has 0 N–H and O–H groups in total. The van der Waals surface area contributed by atoms with Gasteiger partial charge in [-0.2, -0.15) is 0 Å². The fourth-order valence-corrected chi connectivity index (χ4v) is 1.97. The molecule has 1 aliphatic rings. The van der Waals surface area contributed by atoms with Crippen molar-refractivity contribution < 1.29 is 23.9 Å². The Hall–Kier alpha value is -2.37. The number of rotatable bonds is 4. The van der Waals surface area contributed by atoms with Gasteiger partial charge in [0.1, 0.15) is 6.61 Å². The van der Waals surface area contributed by atoms with Gasteiger partial charge in [-0.3, -0.25) is 9.59 Å². The van der Waals surface area contributed by atoms with Gasteiger partial charge in [-0.15, -0.1) is 0 Å². The van der Waals surface area contributed by atoms with Crippen LogP contribution in [-0.4, -0.2) is 42.6 Å². The van der Waals surface area contributed by atoms with Crippen molar-refractivity contribution in [2.24, 2.45) is 0 Å². The molecule has 1 aliphatic heterocycles. The number of nitrogens with zero attached hydrogens (tertiary/aromatic N) is 1. The van der Waals surface area contributed by atoms with Gasteiger partial charge in [0, 0.05) is 5.56 Å². The van der Waals surface area contributed by atoms with Gasteiger partial charge in [0.2, 0.25) is 0 Å². The van der Waals surface area contributed by atoms with Gasteiger partial charge in [0.25, 0.3) is 5.91 Å². The quantitative estimate of drug-likeness (QED) is 0.777. The van der Waals surface area contributed by atoms with Crippen LogP contribution in [0.25, 0.3) is 0 Å².